The van der Waals surface area contributed by atoms with Gasteiger partial charge in [-0.05, 0) is 17.7 Å². The number of hydrogen-bond donors (Lipinski definition) is 1. The van der Waals surface area contributed by atoms with Crippen LogP contribution in [-0.2, 0) is 19.3 Å². The Balaban J connectivity index is 2.14. The highest BCUT2D eigenvalue weighted by Crippen LogP contribution is 2.27. The van der Waals surface area contributed by atoms with E-state index in [1.807, 2.05) is 29.9 Å². The van der Waals surface area contributed by atoms with E-state index in [1.165, 1.54) is 0 Å². The molecule has 0 spiro atoms. The number of thioether (sulfide) groups is 1. The number of imidazole rings is 1. The Labute approximate surface area is 111 Å². The molecule has 0 amide bonds. The van der Waals surface area contributed by atoms with Crippen LogP contribution in [0.3, 0.4) is 0 Å². The van der Waals surface area contributed by atoms with Gasteiger partial charge in [-0.25, -0.2) is 4.98 Å². The van der Waals surface area contributed by atoms with Gasteiger partial charge in [0.2, 0.25) is 0 Å². The average molecular weight is 263 g/mol. The van der Waals surface area contributed by atoms with Crippen LogP contribution in [0.25, 0.3) is 0 Å². The van der Waals surface area contributed by atoms with Crippen LogP contribution in [0.15, 0.2) is 35.7 Å². The van der Waals surface area contributed by atoms with E-state index in [9.17, 15) is 0 Å². The van der Waals surface area contributed by atoms with Crippen LogP contribution in [0, 0.1) is 0 Å². The fraction of sp³-hybridized carbons (Fsp3) is 0.308. The average Bonchev–Trinajstić information content (AvgIpc) is 2.81. The van der Waals surface area contributed by atoms with Gasteiger partial charge in [0.05, 0.1) is 7.11 Å². The van der Waals surface area contributed by atoms with Gasteiger partial charge in [-0.3, -0.25) is 0 Å². The zero-order chi connectivity index (χ0) is 13.0. The van der Waals surface area contributed by atoms with Crippen LogP contribution in [0.5, 0.6) is 5.75 Å². The van der Waals surface area contributed by atoms with Gasteiger partial charge in [0.15, 0.2) is 5.16 Å². The van der Waals surface area contributed by atoms with Gasteiger partial charge in [-0.2, -0.15) is 0 Å². The zero-order valence-electron chi connectivity index (χ0n) is 10.6. The topological polar surface area (TPSA) is 53.1 Å². The van der Waals surface area contributed by atoms with Gasteiger partial charge >= 0.3 is 0 Å². The Bertz CT molecular complexity index is 525. The zero-order valence-corrected chi connectivity index (χ0v) is 11.4. The quantitative estimate of drug-likeness (QED) is 0.840. The summed E-state index contributed by atoms with van der Waals surface area (Å²) in [6, 6.07) is 6.05. The molecule has 0 aliphatic carbocycles. The second-order valence-corrected chi connectivity index (χ2v) is 4.90. The Kier molecular flexibility index (Phi) is 4.28. The second-order valence-electron chi connectivity index (χ2n) is 3.96. The molecular weight excluding hydrogens is 246 g/mol. The van der Waals surface area contributed by atoms with Crippen molar-refractivity contribution in [3.05, 3.63) is 41.7 Å². The van der Waals surface area contributed by atoms with E-state index < -0.39 is 0 Å². The van der Waals surface area contributed by atoms with Gasteiger partial charge < -0.3 is 15.0 Å². The number of rotatable bonds is 5. The first-order chi connectivity index (χ1) is 8.74. The number of benzene rings is 1. The summed E-state index contributed by atoms with van der Waals surface area (Å²) in [5, 5.41) is 0.996. The number of ether oxygens (including phenoxy) is 1. The summed E-state index contributed by atoms with van der Waals surface area (Å²) in [6.45, 7) is 0.546. The third-order valence-electron chi connectivity index (χ3n) is 2.71. The molecule has 2 aromatic rings. The lowest BCUT2D eigenvalue weighted by molar-refractivity contribution is 0.411. The first-order valence-corrected chi connectivity index (χ1v) is 6.69. The summed E-state index contributed by atoms with van der Waals surface area (Å²) in [5.41, 5.74) is 7.92. The van der Waals surface area contributed by atoms with Crippen molar-refractivity contribution in [1.29, 1.82) is 0 Å². The smallest absolute Gasteiger partial charge is 0.167 e. The van der Waals surface area contributed by atoms with Crippen molar-refractivity contribution >= 4 is 11.8 Å². The van der Waals surface area contributed by atoms with Crippen molar-refractivity contribution in [1.82, 2.24) is 9.55 Å². The van der Waals surface area contributed by atoms with Crippen LogP contribution >= 0.6 is 11.8 Å². The SMILES string of the molecule is COc1ccc(CN)cc1CSc1nccn1C. The van der Waals surface area contributed by atoms with Gasteiger partial charge in [0, 0.05) is 37.3 Å². The molecule has 5 heteroatoms. The van der Waals surface area contributed by atoms with Gasteiger partial charge in [-0.1, -0.05) is 17.8 Å². The molecule has 1 aromatic heterocycles. The van der Waals surface area contributed by atoms with Crippen LogP contribution in [0.2, 0.25) is 0 Å². The predicted octanol–water partition coefficient (Wildman–Crippen LogP) is 2.18. The van der Waals surface area contributed by atoms with Gasteiger partial charge in [-0.15, -0.1) is 0 Å². The standard InChI is InChI=1S/C13H17N3OS/c1-16-6-5-15-13(16)18-9-11-7-10(8-14)3-4-12(11)17-2/h3-7H,8-9,14H2,1-2H3. The number of nitrogens with two attached hydrogens (primary N) is 1. The molecule has 0 aliphatic heterocycles. The van der Waals surface area contributed by atoms with Crippen LogP contribution in [0.1, 0.15) is 11.1 Å². The monoisotopic (exact) mass is 263 g/mol. The fourth-order valence-corrected chi connectivity index (χ4v) is 2.62. The summed E-state index contributed by atoms with van der Waals surface area (Å²) in [6.07, 6.45) is 3.74. The molecule has 1 aromatic carbocycles. The lowest BCUT2D eigenvalue weighted by atomic mass is 10.1. The van der Waals surface area contributed by atoms with E-state index in [0.717, 1.165) is 27.8 Å². The molecule has 96 valence electrons. The maximum Gasteiger partial charge on any atom is 0.167 e. The number of aryl methyl sites for hydroxylation is 1. The molecule has 0 bridgehead atoms. The molecule has 4 nitrogen and oxygen atoms in total. The summed E-state index contributed by atoms with van der Waals surface area (Å²) >= 11 is 1.69. The molecule has 0 saturated carbocycles. The molecule has 18 heavy (non-hydrogen) atoms. The highest BCUT2D eigenvalue weighted by Gasteiger charge is 2.07. The van der Waals surface area contributed by atoms with Crippen molar-refractivity contribution in [2.45, 2.75) is 17.5 Å². The summed E-state index contributed by atoms with van der Waals surface area (Å²) < 4.78 is 7.37. The molecule has 0 atom stereocenters. The second kappa shape index (κ2) is 5.93. The minimum atomic E-state index is 0.546. The molecule has 0 fully saturated rings. The third kappa shape index (κ3) is 2.86. The maximum atomic E-state index is 5.66. The molecule has 0 aliphatic rings. The van der Waals surface area contributed by atoms with Crippen LogP contribution < -0.4 is 10.5 Å². The first kappa shape index (κ1) is 13.0. The number of aromatic nitrogens is 2. The molecule has 0 unspecified atom stereocenters. The van der Waals surface area contributed by atoms with E-state index in [0.29, 0.717) is 6.54 Å². The van der Waals surface area contributed by atoms with Crippen molar-refractivity contribution in [3.63, 3.8) is 0 Å². The van der Waals surface area contributed by atoms with E-state index >= 15 is 0 Å². The van der Waals surface area contributed by atoms with E-state index in [-0.39, 0.29) is 0 Å². The molecular formula is C13H17N3OS. The van der Waals surface area contributed by atoms with Crippen molar-refractivity contribution in [2.75, 3.05) is 7.11 Å². The van der Waals surface area contributed by atoms with E-state index in [2.05, 4.69) is 11.1 Å². The lowest BCUT2D eigenvalue weighted by Crippen LogP contribution is -1.99. The molecule has 2 N–H and O–H groups in total. The summed E-state index contributed by atoms with van der Waals surface area (Å²) in [5.74, 6) is 1.72. The highest BCUT2D eigenvalue weighted by molar-refractivity contribution is 7.98. The lowest BCUT2D eigenvalue weighted by Gasteiger charge is -2.10. The Hall–Kier alpha value is -1.46. The first-order valence-electron chi connectivity index (χ1n) is 5.70. The minimum absolute atomic E-state index is 0.546. The van der Waals surface area contributed by atoms with E-state index in [1.54, 1.807) is 25.1 Å². The van der Waals surface area contributed by atoms with E-state index in [4.69, 9.17) is 10.5 Å². The third-order valence-corrected chi connectivity index (χ3v) is 3.82. The molecule has 2 rings (SSSR count). The Morgan fingerprint density at radius 2 is 2.28 bits per heavy atom. The Morgan fingerprint density at radius 3 is 2.89 bits per heavy atom. The van der Waals surface area contributed by atoms with Crippen molar-refractivity contribution < 1.29 is 4.74 Å². The maximum absolute atomic E-state index is 5.66. The van der Waals surface area contributed by atoms with Gasteiger partial charge in [0.25, 0.3) is 0 Å². The summed E-state index contributed by atoms with van der Waals surface area (Å²) in [4.78, 5) is 4.29. The Morgan fingerprint density at radius 1 is 1.44 bits per heavy atom. The van der Waals surface area contributed by atoms with Crippen LogP contribution in [-0.4, -0.2) is 16.7 Å². The molecule has 1 heterocycles. The largest absolute Gasteiger partial charge is 0.496 e. The van der Waals surface area contributed by atoms with Crippen molar-refractivity contribution in [2.24, 2.45) is 12.8 Å². The summed E-state index contributed by atoms with van der Waals surface area (Å²) in [7, 11) is 3.68. The predicted molar refractivity (Wildman–Crippen MR) is 73.7 cm³/mol. The highest BCUT2D eigenvalue weighted by atomic mass is 32.2. The number of nitrogens with zero attached hydrogens (tertiary/aromatic N) is 2. The minimum Gasteiger partial charge on any atom is -0.496 e. The molecule has 0 radical (unpaired) electrons. The van der Waals surface area contributed by atoms with Crippen LogP contribution in [0.4, 0.5) is 0 Å². The number of hydrogen-bond acceptors (Lipinski definition) is 4. The fourth-order valence-electron chi connectivity index (χ4n) is 1.71. The normalized spacial score (nSPS) is 10.6. The van der Waals surface area contributed by atoms with Crippen molar-refractivity contribution in [3.8, 4) is 5.75 Å². The van der Waals surface area contributed by atoms with Gasteiger partial charge in [0.1, 0.15) is 5.75 Å². The number of methoxy groups -OCH3 is 1. The molecule has 0 saturated heterocycles.